The molecule has 0 atom stereocenters. The van der Waals surface area contributed by atoms with Crippen LogP contribution < -0.4 is 9.80 Å². The van der Waals surface area contributed by atoms with Crippen LogP contribution in [0.25, 0.3) is 22.3 Å². The van der Waals surface area contributed by atoms with Gasteiger partial charge in [-0.05, 0) is 161 Å². The summed E-state index contributed by atoms with van der Waals surface area (Å²) in [5, 5.41) is 0. The van der Waals surface area contributed by atoms with Crippen LogP contribution in [-0.4, -0.2) is 0 Å². The molecule has 0 spiro atoms. The van der Waals surface area contributed by atoms with E-state index >= 15 is 0 Å². The number of rotatable bonds is 9. The summed E-state index contributed by atoms with van der Waals surface area (Å²) in [4.78, 5) is 4.91. The van der Waals surface area contributed by atoms with Gasteiger partial charge in [-0.15, -0.1) is 0 Å². The van der Waals surface area contributed by atoms with Crippen LogP contribution in [0.4, 0.5) is 34.1 Å². The lowest BCUT2D eigenvalue weighted by Crippen LogP contribution is -2.56. The fourth-order valence-corrected chi connectivity index (χ4v) is 13.2. The number of hydrogen-bond donors (Lipinski definition) is 0. The fourth-order valence-electron chi connectivity index (χ4n) is 13.2. The summed E-state index contributed by atoms with van der Waals surface area (Å²) in [5.41, 5.74) is 17.9. The third-order valence-electron chi connectivity index (χ3n) is 15.7. The maximum absolute atomic E-state index is 2.52. The lowest BCUT2D eigenvalue weighted by molar-refractivity contribution is -0.0418. The topological polar surface area (TPSA) is 6.48 Å². The smallest absolute Gasteiger partial charge is 0.0540 e. The van der Waals surface area contributed by atoms with Crippen molar-refractivity contribution in [3.63, 3.8) is 0 Å². The highest BCUT2D eigenvalue weighted by Gasteiger charge is 2.58. The average Bonchev–Trinajstić information content (AvgIpc) is 3.56. The van der Waals surface area contributed by atoms with E-state index < -0.39 is 0 Å². The van der Waals surface area contributed by atoms with Crippen molar-refractivity contribution in [3.05, 3.63) is 229 Å². The Labute approximate surface area is 373 Å². The summed E-state index contributed by atoms with van der Waals surface area (Å²) in [5.74, 6) is 3.01. The maximum Gasteiger partial charge on any atom is 0.0540 e. The van der Waals surface area contributed by atoms with E-state index in [2.05, 4.69) is 230 Å². The van der Waals surface area contributed by atoms with Gasteiger partial charge in [0, 0.05) is 44.8 Å². The quantitative estimate of drug-likeness (QED) is 0.143. The van der Waals surface area contributed by atoms with Gasteiger partial charge in [0.1, 0.15) is 0 Å². The van der Waals surface area contributed by atoms with E-state index in [4.69, 9.17) is 0 Å². The van der Waals surface area contributed by atoms with Crippen LogP contribution in [0.15, 0.2) is 206 Å². The monoisotopic (exact) mass is 814 g/mol. The molecular formula is C61H54N2. The molecule has 0 unspecified atom stereocenters. The summed E-state index contributed by atoms with van der Waals surface area (Å²) in [6.45, 7) is 4.77. The Hall–Kier alpha value is -6.64. The van der Waals surface area contributed by atoms with Crippen molar-refractivity contribution in [2.45, 2.75) is 56.8 Å². The molecule has 5 aliphatic carbocycles. The molecule has 0 aromatic heterocycles. The SMILES string of the molecule is CC1(C)c2ccccc2-c2ccc(N(c3ccc(C4(c5ccc(N(c6ccccc6)c6ccccc6)cc5)C5CC6CC(C5)CC4C6)cc3)c3ccccc3-c3ccccc3)cc21. The van der Waals surface area contributed by atoms with Gasteiger partial charge in [-0.1, -0.05) is 153 Å². The van der Waals surface area contributed by atoms with Gasteiger partial charge in [0.2, 0.25) is 0 Å². The minimum atomic E-state index is -0.100. The standard InChI is InChI=1S/C61H54N2/c1-60(2)57-24-14-12-23-55(57)56-35-34-53(41-58(56)60)63(59-25-15-13-22-54(59)44-16-6-3-7-17-44)52-32-28-46(29-33-52)61(47-37-42-36-43(39-47)40-48(61)38-42)45-26-30-51(31-27-45)62(49-18-8-4-9-19-49)50-20-10-5-11-21-50/h3-35,41-43,47-48H,36-40H2,1-2H3. The van der Waals surface area contributed by atoms with Crippen molar-refractivity contribution in [1.82, 2.24) is 0 Å². The van der Waals surface area contributed by atoms with Crippen molar-refractivity contribution < 1.29 is 0 Å². The predicted molar refractivity (Wildman–Crippen MR) is 263 cm³/mol. The molecule has 4 saturated carbocycles. The zero-order valence-electron chi connectivity index (χ0n) is 36.4. The zero-order valence-corrected chi connectivity index (χ0v) is 36.4. The maximum atomic E-state index is 2.52. The number of fused-ring (bicyclic) bond motifs is 3. The first-order chi connectivity index (χ1) is 31.0. The lowest BCUT2D eigenvalue weighted by Gasteiger charge is -2.62. The molecule has 63 heavy (non-hydrogen) atoms. The molecule has 4 fully saturated rings. The molecule has 13 rings (SSSR count). The largest absolute Gasteiger partial charge is 0.311 e. The Morgan fingerprint density at radius 3 is 1.40 bits per heavy atom. The Bertz CT molecular complexity index is 2850. The summed E-state index contributed by atoms with van der Waals surface area (Å²) in [6.07, 6.45) is 6.77. The van der Waals surface area contributed by atoms with Crippen molar-refractivity contribution in [3.8, 4) is 22.3 Å². The molecule has 0 saturated heterocycles. The molecule has 2 nitrogen and oxygen atoms in total. The number of anilines is 6. The first-order valence-corrected chi connectivity index (χ1v) is 23.3. The number of benzene rings is 8. The second-order valence-electron chi connectivity index (χ2n) is 19.4. The third-order valence-corrected chi connectivity index (χ3v) is 15.7. The second kappa shape index (κ2) is 15.0. The van der Waals surface area contributed by atoms with Gasteiger partial charge in [-0.2, -0.15) is 0 Å². The normalized spacial score (nSPS) is 22.3. The second-order valence-corrected chi connectivity index (χ2v) is 19.4. The average molecular weight is 815 g/mol. The summed E-state index contributed by atoms with van der Waals surface area (Å²) >= 11 is 0. The Balaban J connectivity index is 0.989. The third kappa shape index (κ3) is 6.13. The predicted octanol–water partition coefficient (Wildman–Crippen LogP) is 16.3. The van der Waals surface area contributed by atoms with Crippen LogP contribution in [0.1, 0.15) is 68.2 Å². The molecule has 0 heterocycles. The van der Waals surface area contributed by atoms with Gasteiger partial charge < -0.3 is 9.80 Å². The molecule has 8 aromatic carbocycles. The van der Waals surface area contributed by atoms with Crippen LogP contribution in [0.5, 0.6) is 0 Å². The summed E-state index contributed by atoms with van der Waals surface area (Å²) < 4.78 is 0. The van der Waals surface area contributed by atoms with E-state index in [1.807, 2.05) is 0 Å². The molecule has 0 radical (unpaired) electrons. The highest BCUT2D eigenvalue weighted by atomic mass is 15.1. The van der Waals surface area contributed by atoms with Gasteiger partial charge in [-0.25, -0.2) is 0 Å². The van der Waals surface area contributed by atoms with Crippen LogP contribution in [0.3, 0.4) is 0 Å². The highest BCUT2D eigenvalue weighted by Crippen LogP contribution is 2.65. The minimum absolute atomic E-state index is 0.0229. The molecular weight excluding hydrogens is 761 g/mol. The molecule has 2 heteroatoms. The van der Waals surface area contributed by atoms with E-state index in [9.17, 15) is 0 Å². The van der Waals surface area contributed by atoms with Crippen molar-refractivity contribution in [2.24, 2.45) is 23.7 Å². The van der Waals surface area contributed by atoms with E-state index in [0.717, 1.165) is 11.8 Å². The van der Waals surface area contributed by atoms with Crippen LogP contribution in [0.2, 0.25) is 0 Å². The minimum Gasteiger partial charge on any atom is -0.311 e. The van der Waals surface area contributed by atoms with E-state index in [1.165, 1.54) is 111 Å². The Morgan fingerprint density at radius 2 is 0.810 bits per heavy atom. The molecule has 308 valence electrons. The molecule has 0 aliphatic heterocycles. The molecule has 0 N–H and O–H groups in total. The van der Waals surface area contributed by atoms with Gasteiger partial charge >= 0.3 is 0 Å². The van der Waals surface area contributed by atoms with Crippen LogP contribution in [-0.2, 0) is 10.8 Å². The van der Waals surface area contributed by atoms with E-state index in [0.29, 0.717) is 11.8 Å². The zero-order chi connectivity index (χ0) is 42.1. The van der Waals surface area contributed by atoms with E-state index in [-0.39, 0.29) is 10.8 Å². The molecule has 5 aliphatic rings. The number of hydrogen-bond acceptors (Lipinski definition) is 2. The number of para-hydroxylation sites is 3. The van der Waals surface area contributed by atoms with Gasteiger partial charge in [0.25, 0.3) is 0 Å². The van der Waals surface area contributed by atoms with E-state index in [1.54, 1.807) is 0 Å². The summed E-state index contributed by atoms with van der Waals surface area (Å²) in [7, 11) is 0. The first-order valence-electron chi connectivity index (χ1n) is 23.3. The molecule has 0 amide bonds. The van der Waals surface area contributed by atoms with Gasteiger partial charge in [0.15, 0.2) is 0 Å². The fraction of sp³-hybridized carbons (Fsp3) is 0.213. The molecule has 4 bridgehead atoms. The van der Waals surface area contributed by atoms with Gasteiger partial charge in [0.05, 0.1) is 5.69 Å². The lowest BCUT2D eigenvalue weighted by atomic mass is 9.42. The Kier molecular flexibility index (Phi) is 9.08. The summed E-state index contributed by atoms with van der Waals surface area (Å²) in [6, 6.07) is 77.3. The van der Waals surface area contributed by atoms with Crippen molar-refractivity contribution in [2.75, 3.05) is 9.80 Å². The molecule has 8 aromatic rings. The van der Waals surface area contributed by atoms with Crippen molar-refractivity contribution >= 4 is 34.1 Å². The first kappa shape index (κ1) is 38.1. The number of nitrogens with zero attached hydrogens (tertiary/aromatic N) is 2. The van der Waals surface area contributed by atoms with Crippen LogP contribution in [0, 0.1) is 23.7 Å². The Morgan fingerprint density at radius 1 is 0.365 bits per heavy atom. The van der Waals surface area contributed by atoms with Crippen molar-refractivity contribution in [1.29, 1.82) is 0 Å². The highest BCUT2D eigenvalue weighted by molar-refractivity contribution is 5.90. The van der Waals surface area contributed by atoms with Gasteiger partial charge in [-0.3, -0.25) is 0 Å². The van der Waals surface area contributed by atoms with Crippen LogP contribution >= 0.6 is 0 Å².